The number of rotatable bonds is 8. The number of nitrogens with zero attached hydrogens (tertiary/aromatic N) is 9. The number of para-hydroxylation sites is 4. The molecule has 3 amide bonds. The van der Waals surface area contributed by atoms with Gasteiger partial charge >= 0.3 is 5.97 Å². The van der Waals surface area contributed by atoms with Crippen molar-refractivity contribution in [3.63, 3.8) is 0 Å². The second-order valence-electron chi connectivity index (χ2n) is 17.7. The van der Waals surface area contributed by atoms with Crippen LogP contribution in [0.2, 0.25) is 0 Å². The first kappa shape index (κ1) is 45.0. The van der Waals surface area contributed by atoms with E-state index in [1.807, 2.05) is 73.2 Å². The van der Waals surface area contributed by atoms with E-state index in [-0.39, 0.29) is 40.9 Å². The number of amides is 3. The first-order valence-corrected chi connectivity index (χ1v) is 23.6. The largest absolute Gasteiger partial charge is 0.462 e. The van der Waals surface area contributed by atoms with Crippen molar-refractivity contribution in [2.45, 2.75) is 33.6 Å². The fraction of sp³-hybridized carbons (Fsp3) is 0.360. The number of aromatic amines is 2. The summed E-state index contributed by atoms with van der Waals surface area (Å²) < 4.78 is 8.88. The highest BCUT2D eigenvalue weighted by molar-refractivity contribution is 6.06. The summed E-state index contributed by atoms with van der Waals surface area (Å²) in [4.78, 5) is 103. The number of imidazole rings is 2. The Bertz CT molecular complexity index is 3440. The summed E-state index contributed by atoms with van der Waals surface area (Å²) in [6.45, 7) is 13.6. The van der Waals surface area contributed by atoms with E-state index in [2.05, 4.69) is 30.0 Å². The molecule has 356 valence electrons. The van der Waals surface area contributed by atoms with Crippen molar-refractivity contribution < 1.29 is 23.9 Å². The van der Waals surface area contributed by atoms with Crippen LogP contribution < -0.4 is 26.0 Å². The standard InChI is InChI=1S/C27H31N7O3.C23H23N5O4/c1-18(35)32-14-16-33(17-15-32)22-9-8-19-24(36)23(27(37)28-10-13-31-11-4-5-12-31)26-29-20-6-2-3-7-21(20)34(26)25(19)30-22;1-3-32-23(31)19-20(30)15-8-9-18(27-12-10-26(11-13-27)14(2)29)25-21(15)28-17-7-5-4-6-16(17)24-22(19)28/h2-3,6-9,29H,4-5,10-17H2,1H3,(H,28,37);4-9,24H,3,10-13H2,1-2H3. The molecular weight excluding hydrogens is 881 g/mol. The number of ether oxygens (including phenoxy) is 1. The summed E-state index contributed by atoms with van der Waals surface area (Å²) in [6, 6.07) is 22.4. The molecule has 3 aliphatic rings. The van der Waals surface area contributed by atoms with Gasteiger partial charge in [-0.15, -0.1) is 0 Å². The minimum atomic E-state index is -0.659. The Labute approximate surface area is 395 Å². The molecule has 69 heavy (non-hydrogen) atoms. The van der Waals surface area contributed by atoms with Gasteiger partial charge in [0.15, 0.2) is 11.3 Å². The molecule has 0 atom stereocenters. The maximum atomic E-state index is 13.7. The van der Waals surface area contributed by atoms with E-state index in [0.717, 1.165) is 53.3 Å². The van der Waals surface area contributed by atoms with Gasteiger partial charge in [0.25, 0.3) is 5.91 Å². The van der Waals surface area contributed by atoms with Crippen molar-refractivity contribution in [1.29, 1.82) is 0 Å². The fourth-order valence-electron chi connectivity index (χ4n) is 9.88. The minimum absolute atomic E-state index is 0.0276. The first-order valence-electron chi connectivity index (χ1n) is 23.6. The van der Waals surface area contributed by atoms with Crippen LogP contribution in [-0.2, 0) is 14.3 Å². The molecule has 8 aromatic rings. The van der Waals surface area contributed by atoms with Crippen molar-refractivity contribution in [2.24, 2.45) is 0 Å². The number of carbonyl (C=O) groups excluding carboxylic acids is 4. The van der Waals surface area contributed by atoms with Crippen LogP contribution in [-0.4, -0.2) is 152 Å². The smallest absolute Gasteiger partial charge is 0.345 e. The van der Waals surface area contributed by atoms with E-state index in [1.54, 1.807) is 39.0 Å². The van der Waals surface area contributed by atoms with Gasteiger partial charge in [-0.1, -0.05) is 24.3 Å². The van der Waals surface area contributed by atoms with Crippen LogP contribution in [0.4, 0.5) is 11.6 Å². The number of anilines is 2. The lowest BCUT2D eigenvalue weighted by Crippen LogP contribution is -2.48. The normalized spacial score (nSPS) is 15.7. The number of pyridine rings is 4. The Hall–Kier alpha value is -7.80. The van der Waals surface area contributed by atoms with E-state index in [1.165, 1.54) is 12.8 Å². The number of benzene rings is 2. The van der Waals surface area contributed by atoms with Crippen LogP contribution in [0.3, 0.4) is 0 Å². The van der Waals surface area contributed by atoms with Gasteiger partial charge in [-0.3, -0.25) is 32.8 Å². The molecule has 0 radical (unpaired) electrons. The van der Waals surface area contributed by atoms with Gasteiger partial charge in [0.05, 0.1) is 39.4 Å². The van der Waals surface area contributed by atoms with Gasteiger partial charge < -0.3 is 44.5 Å². The number of esters is 1. The summed E-state index contributed by atoms with van der Waals surface area (Å²) in [5.41, 5.74) is 4.40. The Balaban J connectivity index is 0.000000162. The number of hydrogen-bond acceptors (Lipinski definition) is 12. The lowest BCUT2D eigenvalue weighted by molar-refractivity contribution is -0.129. The highest BCUT2D eigenvalue weighted by Gasteiger charge is 2.27. The first-order chi connectivity index (χ1) is 33.5. The molecule has 0 unspecified atom stereocenters. The highest BCUT2D eigenvalue weighted by atomic mass is 16.5. The van der Waals surface area contributed by atoms with Gasteiger partial charge in [0.2, 0.25) is 22.7 Å². The number of nitrogens with one attached hydrogen (secondary N) is 3. The number of carbonyl (C=O) groups is 4. The molecule has 0 spiro atoms. The van der Waals surface area contributed by atoms with Gasteiger partial charge in [0, 0.05) is 79.3 Å². The van der Waals surface area contributed by atoms with Crippen molar-refractivity contribution in [3.05, 3.63) is 104 Å². The van der Waals surface area contributed by atoms with Gasteiger partial charge in [-0.25, -0.2) is 14.8 Å². The molecule has 11 rings (SSSR count). The summed E-state index contributed by atoms with van der Waals surface area (Å²) in [7, 11) is 0. The number of aromatic nitrogens is 6. The predicted molar refractivity (Wildman–Crippen MR) is 265 cm³/mol. The SMILES string of the molecule is CC(=O)N1CCN(c2ccc3c(=O)c(C(=O)NCCN4CCCC4)c4[nH]c5ccccc5n4c3n2)CC1.CCOC(=O)c1c(=O)c2ccc(N3CCN(C(C)=O)CC3)nc2n2c1[nH]c1ccccc12. The molecule has 3 fully saturated rings. The number of piperazine rings is 2. The van der Waals surface area contributed by atoms with E-state index < -0.39 is 11.4 Å². The van der Waals surface area contributed by atoms with E-state index in [9.17, 15) is 28.8 Å². The van der Waals surface area contributed by atoms with Crippen LogP contribution >= 0.6 is 0 Å². The summed E-state index contributed by atoms with van der Waals surface area (Å²) in [5.74, 6) is 0.576. The lowest BCUT2D eigenvalue weighted by atomic mass is 10.1. The summed E-state index contributed by atoms with van der Waals surface area (Å²) in [5, 5.41) is 3.72. The Kier molecular flexibility index (Phi) is 12.2. The summed E-state index contributed by atoms with van der Waals surface area (Å²) >= 11 is 0. The lowest BCUT2D eigenvalue weighted by Gasteiger charge is -2.35. The molecule has 6 aromatic heterocycles. The molecule has 0 bridgehead atoms. The van der Waals surface area contributed by atoms with Gasteiger partial charge in [0.1, 0.15) is 34.1 Å². The molecule has 3 aliphatic heterocycles. The number of fused-ring (bicyclic) bond motifs is 10. The zero-order chi connectivity index (χ0) is 47.9. The van der Waals surface area contributed by atoms with Crippen molar-refractivity contribution >= 4 is 90.8 Å². The average Bonchev–Trinajstić information content (AvgIpc) is 4.12. The molecule has 19 heteroatoms. The number of H-pyrrole nitrogens is 2. The third-order valence-corrected chi connectivity index (χ3v) is 13.5. The van der Waals surface area contributed by atoms with Crippen molar-refractivity contribution in [2.75, 3.05) is 94.9 Å². The average molecular weight is 935 g/mol. The van der Waals surface area contributed by atoms with Crippen LogP contribution in [0.1, 0.15) is 54.3 Å². The second kappa shape index (κ2) is 18.7. The zero-order valence-electron chi connectivity index (χ0n) is 38.9. The number of hydrogen-bond donors (Lipinski definition) is 3. The Morgan fingerprint density at radius 2 is 1.07 bits per heavy atom. The monoisotopic (exact) mass is 934 g/mol. The fourth-order valence-corrected chi connectivity index (χ4v) is 9.88. The molecule has 3 N–H and O–H groups in total. The topological polar surface area (TPSA) is 206 Å². The second-order valence-corrected chi connectivity index (χ2v) is 17.7. The van der Waals surface area contributed by atoms with Crippen molar-refractivity contribution in [1.82, 2.24) is 48.8 Å². The predicted octanol–water partition coefficient (Wildman–Crippen LogP) is 4.00. The van der Waals surface area contributed by atoms with Crippen LogP contribution in [0.15, 0.2) is 82.4 Å². The van der Waals surface area contributed by atoms with Gasteiger partial charge in [-0.05, 0) is 81.4 Å². The van der Waals surface area contributed by atoms with Crippen LogP contribution in [0, 0.1) is 0 Å². The Morgan fingerprint density at radius 1 is 0.609 bits per heavy atom. The maximum Gasteiger partial charge on any atom is 0.345 e. The Morgan fingerprint density at radius 3 is 1.55 bits per heavy atom. The summed E-state index contributed by atoms with van der Waals surface area (Å²) in [6.07, 6.45) is 2.38. The van der Waals surface area contributed by atoms with Crippen LogP contribution in [0.5, 0.6) is 0 Å². The van der Waals surface area contributed by atoms with E-state index >= 15 is 0 Å². The molecule has 19 nitrogen and oxygen atoms in total. The molecule has 2 aromatic carbocycles. The van der Waals surface area contributed by atoms with Gasteiger partial charge in [-0.2, -0.15) is 0 Å². The quantitative estimate of drug-likeness (QED) is 0.185. The zero-order valence-corrected chi connectivity index (χ0v) is 38.9. The molecule has 9 heterocycles. The third kappa shape index (κ3) is 8.36. The van der Waals surface area contributed by atoms with Crippen LogP contribution in [0.25, 0.3) is 55.4 Å². The van der Waals surface area contributed by atoms with E-state index in [4.69, 9.17) is 14.7 Å². The molecule has 0 aliphatic carbocycles. The van der Waals surface area contributed by atoms with E-state index in [0.29, 0.717) is 92.3 Å². The maximum absolute atomic E-state index is 13.7. The number of likely N-dealkylation sites (tertiary alicyclic amines) is 1. The third-order valence-electron chi connectivity index (χ3n) is 13.5. The molecule has 0 saturated carbocycles. The highest BCUT2D eigenvalue weighted by Crippen LogP contribution is 2.27. The van der Waals surface area contributed by atoms with Crippen molar-refractivity contribution in [3.8, 4) is 0 Å². The molecule has 3 saturated heterocycles. The molecular formula is C50H54N12O7. The minimum Gasteiger partial charge on any atom is -0.462 e.